The SMILES string of the molecule is CCCCC(NC(=O)c1ccc(C)c(NS(C)(=O)=O)c1)C(=O)O. The van der Waals surface area contributed by atoms with E-state index in [4.69, 9.17) is 5.11 Å². The van der Waals surface area contributed by atoms with Crippen LogP contribution in [0.1, 0.15) is 42.1 Å². The maximum Gasteiger partial charge on any atom is 0.326 e. The van der Waals surface area contributed by atoms with Gasteiger partial charge in [-0.3, -0.25) is 9.52 Å². The number of carbonyl (C=O) groups excluding carboxylic acids is 1. The molecule has 0 radical (unpaired) electrons. The van der Waals surface area contributed by atoms with Gasteiger partial charge in [-0.25, -0.2) is 13.2 Å². The molecule has 0 saturated carbocycles. The summed E-state index contributed by atoms with van der Waals surface area (Å²) in [4.78, 5) is 23.4. The highest BCUT2D eigenvalue weighted by Crippen LogP contribution is 2.18. The molecule has 0 aliphatic heterocycles. The Balaban J connectivity index is 2.95. The van der Waals surface area contributed by atoms with E-state index in [1.807, 2.05) is 6.92 Å². The van der Waals surface area contributed by atoms with Crippen molar-refractivity contribution in [1.29, 1.82) is 0 Å². The van der Waals surface area contributed by atoms with Crippen LogP contribution in [0.25, 0.3) is 0 Å². The smallest absolute Gasteiger partial charge is 0.326 e. The van der Waals surface area contributed by atoms with Crippen molar-refractivity contribution in [3.8, 4) is 0 Å². The van der Waals surface area contributed by atoms with Crippen LogP contribution < -0.4 is 10.0 Å². The maximum absolute atomic E-state index is 12.2. The van der Waals surface area contributed by atoms with E-state index in [0.717, 1.165) is 12.7 Å². The minimum atomic E-state index is -3.47. The third kappa shape index (κ3) is 6.27. The van der Waals surface area contributed by atoms with Gasteiger partial charge in [-0.15, -0.1) is 0 Å². The van der Waals surface area contributed by atoms with E-state index in [1.54, 1.807) is 13.0 Å². The van der Waals surface area contributed by atoms with Gasteiger partial charge in [0.25, 0.3) is 5.91 Å². The first-order valence-corrected chi connectivity index (χ1v) is 9.15. The molecule has 0 bridgehead atoms. The summed E-state index contributed by atoms with van der Waals surface area (Å²) in [7, 11) is -3.47. The highest BCUT2D eigenvalue weighted by Gasteiger charge is 2.20. The van der Waals surface area contributed by atoms with E-state index in [2.05, 4.69) is 10.0 Å². The lowest BCUT2D eigenvalue weighted by Crippen LogP contribution is -2.40. The second-order valence-electron chi connectivity index (χ2n) is 5.41. The molecule has 1 amide bonds. The van der Waals surface area contributed by atoms with Crippen LogP contribution in [0.2, 0.25) is 0 Å². The van der Waals surface area contributed by atoms with Gasteiger partial charge in [0.2, 0.25) is 10.0 Å². The Labute approximate surface area is 136 Å². The van der Waals surface area contributed by atoms with E-state index in [9.17, 15) is 18.0 Å². The molecule has 0 aromatic heterocycles. The fraction of sp³-hybridized carbons (Fsp3) is 0.467. The monoisotopic (exact) mass is 342 g/mol. The van der Waals surface area contributed by atoms with Crippen molar-refractivity contribution in [1.82, 2.24) is 5.32 Å². The Bertz CT molecular complexity index is 685. The van der Waals surface area contributed by atoms with Gasteiger partial charge in [-0.2, -0.15) is 0 Å². The van der Waals surface area contributed by atoms with Crippen LogP contribution in [0, 0.1) is 6.92 Å². The largest absolute Gasteiger partial charge is 0.480 e. The van der Waals surface area contributed by atoms with Gasteiger partial charge in [0.1, 0.15) is 6.04 Å². The molecule has 1 atom stereocenters. The lowest BCUT2D eigenvalue weighted by atomic mass is 10.1. The number of rotatable bonds is 8. The van der Waals surface area contributed by atoms with Gasteiger partial charge in [0, 0.05) is 5.56 Å². The zero-order valence-corrected chi connectivity index (χ0v) is 14.2. The van der Waals surface area contributed by atoms with E-state index in [1.165, 1.54) is 12.1 Å². The number of hydrogen-bond acceptors (Lipinski definition) is 4. The van der Waals surface area contributed by atoms with Gasteiger partial charge in [-0.05, 0) is 31.0 Å². The molecule has 3 N–H and O–H groups in total. The summed E-state index contributed by atoms with van der Waals surface area (Å²) < 4.78 is 25.0. The Morgan fingerprint density at radius 3 is 2.48 bits per heavy atom. The summed E-state index contributed by atoms with van der Waals surface area (Å²) in [6, 6.07) is 3.56. The molecular formula is C15H22N2O5S. The van der Waals surface area contributed by atoms with E-state index >= 15 is 0 Å². The summed E-state index contributed by atoms with van der Waals surface area (Å²) in [5.41, 5.74) is 1.15. The van der Waals surface area contributed by atoms with Crippen LogP contribution in [-0.4, -0.2) is 37.7 Å². The molecule has 1 unspecified atom stereocenters. The van der Waals surface area contributed by atoms with Gasteiger partial charge in [0.05, 0.1) is 11.9 Å². The number of nitrogens with one attached hydrogen (secondary N) is 2. The predicted octanol–water partition coefficient (Wildman–Crippen LogP) is 1.74. The Morgan fingerprint density at radius 2 is 1.96 bits per heavy atom. The molecule has 0 heterocycles. The van der Waals surface area contributed by atoms with Crippen molar-refractivity contribution in [3.05, 3.63) is 29.3 Å². The number of benzene rings is 1. The van der Waals surface area contributed by atoms with Crippen molar-refractivity contribution < 1.29 is 23.1 Å². The first-order valence-electron chi connectivity index (χ1n) is 7.26. The highest BCUT2D eigenvalue weighted by atomic mass is 32.2. The highest BCUT2D eigenvalue weighted by molar-refractivity contribution is 7.92. The van der Waals surface area contributed by atoms with Crippen LogP contribution in [0.3, 0.4) is 0 Å². The third-order valence-corrected chi connectivity index (χ3v) is 3.84. The van der Waals surface area contributed by atoms with Crippen LogP contribution in [-0.2, 0) is 14.8 Å². The Kier molecular flexibility index (Phi) is 6.56. The van der Waals surface area contributed by atoms with Gasteiger partial charge < -0.3 is 10.4 Å². The zero-order chi connectivity index (χ0) is 17.6. The fourth-order valence-corrected chi connectivity index (χ4v) is 2.60. The summed E-state index contributed by atoms with van der Waals surface area (Å²) in [5.74, 6) is -1.64. The molecule has 8 heteroatoms. The minimum absolute atomic E-state index is 0.199. The normalized spacial score (nSPS) is 12.5. The standard InChI is InChI=1S/C15H22N2O5S/c1-4-5-6-12(15(19)20)16-14(18)11-8-7-10(2)13(9-11)17-23(3,21)22/h7-9,12,17H,4-6H2,1-3H3,(H,16,18)(H,19,20). The molecule has 7 nitrogen and oxygen atoms in total. The summed E-state index contributed by atoms with van der Waals surface area (Å²) in [5, 5.41) is 11.6. The second kappa shape index (κ2) is 7.96. The van der Waals surface area contributed by atoms with Gasteiger partial charge >= 0.3 is 5.97 Å². The van der Waals surface area contributed by atoms with E-state index in [0.29, 0.717) is 24.1 Å². The number of unbranched alkanes of at least 4 members (excludes halogenated alkanes) is 1. The maximum atomic E-state index is 12.2. The molecule has 0 saturated heterocycles. The van der Waals surface area contributed by atoms with Gasteiger partial charge in [0.15, 0.2) is 0 Å². The Morgan fingerprint density at radius 1 is 1.30 bits per heavy atom. The zero-order valence-electron chi connectivity index (χ0n) is 13.4. The first kappa shape index (κ1) is 19.0. The quantitative estimate of drug-likeness (QED) is 0.666. The van der Waals surface area contributed by atoms with E-state index in [-0.39, 0.29) is 5.56 Å². The van der Waals surface area contributed by atoms with Crippen LogP contribution in [0.15, 0.2) is 18.2 Å². The molecule has 1 aromatic rings. The number of carboxylic acid groups (broad SMARTS) is 1. The average molecular weight is 342 g/mol. The van der Waals surface area contributed by atoms with Crippen molar-refractivity contribution >= 4 is 27.6 Å². The Hall–Kier alpha value is -2.09. The lowest BCUT2D eigenvalue weighted by Gasteiger charge is -2.15. The number of carbonyl (C=O) groups is 2. The van der Waals surface area contributed by atoms with Crippen molar-refractivity contribution in [2.45, 2.75) is 39.2 Å². The molecule has 0 aliphatic rings. The van der Waals surface area contributed by atoms with Crippen molar-refractivity contribution in [2.75, 3.05) is 11.0 Å². The van der Waals surface area contributed by atoms with Crippen LogP contribution >= 0.6 is 0 Å². The molecule has 23 heavy (non-hydrogen) atoms. The number of anilines is 1. The lowest BCUT2D eigenvalue weighted by molar-refractivity contribution is -0.139. The molecule has 0 spiro atoms. The molecular weight excluding hydrogens is 320 g/mol. The number of aliphatic carboxylic acids is 1. The fourth-order valence-electron chi connectivity index (χ4n) is 1.98. The molecule has 0 fully saturated rings. The molecule has 0 aliphatic carbocycles. The van der Waals surface area contributed by atoms with E-state index < -0.39 is 27.9 Å². The third-order valence-electron chi connectivity index (χ3n) is 3.24. The topological polar surface area (TPSA) is 113 Å². The van der Waals surface area contributed by atoms with Crippen LogP contribution in [0.4, 0.5) is 5.69 Å². The number of carboxylic acids is 1. The predicted molar refractivity (Wildman–Crippen MR) is 88.1 cm³/mol. The van der Waals surface area contributed by atoms with Crippen molar-refractivity contribution in [3.63, 3.8) is 0 Å². The van der Waals surface area contributed by atoms with Crippen LogP contribution in [0.5, 0.6) is 0 Å². The number of amides is 1. The summed E-state index contributed by atoms with van der Waals surface area (Å²) in [6.07, 6.45) is 2.88. The number of aryl methyl sites for hydroxylation is 1. The van der Waals surface area contributed by atoms with Crippen molar-refractivity contribution in [2.24, 2.45) is 0 Å². The summed E-state index contributed by atoms with van der Waals surface area (Å²) in [6.45, 7) is 3.64. The first-order chi connectivity index (χ1) is 10.6. The van der Waals surface area contributed by atoms with Gasteiger partial charge in [-0.1, -0.05) is 25.8 Å². The average Bonchev–Trinajstić information content (AvgIpc) is 2.43. The summed E-state index contributed by atoms with van der Waals surface area (Å²) >= 11 is 0. The molecule has 1 rings (SSSR count). The number of hydrogen-bond donors (Lipinski definition) is 3. The molecule has 1 aromatic carbocycles. The second-order valence-corrected chi connectivity index (χ2v) is 7.16. The number of sulfonamides is 1. The molecule has 128 valence electrons. The minimum Gasteiger partial charge on any atom is -0.480 e.